The number of benzene rings is 2. The first kappa shape index (κ1) is 27.2. The predicted octanol–water partition coefficient (Wildman–Crippen LogP) is 5.17. The van der Waals surface area contributed by atoms with Gasteiger partial charge in [0.2, 0.25) is 0 Å². The van der Waals surface area contributed by atoms with E-state index in [0.717, 1.165) is 28.0 Å². The summed E-state index contributed by atoms with van der Waals surface area (Å²) in [4.78, 5) is 17.7. The molecule has 9 heteroatoms. The molecule has 4 aromatic rings. The molecule has 2 aromatic heterocycles. The molecule has 0 aliphatic carbocycles. The number of imidazole rings is 1. The maximum absolute atomic E-state index is 12.9. The average molecular weight is 535 g/mol. The highest BCUT2D eigenvalue weighted by atomic mass is 35.5. The standard InChI is InChI=1S/C29H31ClN4O4/c1-19(2)38-27-10-9-23(17-25(27)30)29(36)32-24(12-15-35)16-20-5-7-21(8-6-20)26-18-34-14-3-4-22(11-13-31-37)28(34)33-26/h3-10,13-14,17-19,24,35,37H,11-12,15-16H2,1-2H3,(H,32,36)/t24-/m1/s1. The molecule has 0 aliphatic rings. The summed E-state index contributed by atoms with van der Waals surface area (Å²) < 4.78 is 7.59. The second kappa shape index (κ2) is 12.6. The van der Waals surface area contributed by atoms with Crippen molar-refractivity contribution in [3.63, 3.8) is 0 Å². The van der Waals surface area contributed by atoms with E-state index in [1.807, 2.05) is 67.0 Å². The fourth-order valence-corrected chi connectivity index (χ4v) is 4.47. The van der Waals surface area contributed by atoms with Crippen LogP contribution in [-0.2, 0) is 12.8 Å². The topological polar surface area (TPSA) is 108 Å². The van der Waals surface area contributed by atoms with Crippen molar-refractivity contribution < 1.29 is 19.8 Å². The Balaban J connectivity index is 1.45. The third kappa shape index (κ3) is 6.70. The number of carbonyl (C=O) groups is 1. The molecule has 38 heavy (non-hydrogen) atoms. The molecule has 0 fully saturated rings. The monoisotopic (exact) mass is 534 g/mol. The molecule has 2 heterocycles. The van der Waals surface area contributed by atoms with E-state index in [1.165, 1.54) is 6.21 Å². The zero-order valence-electron chi connectivity index (χ0n) is 21.3. The summed E-state index contributed by atoms with van der Waals surface area (Å²) in [6.07, 6.45) is 6.76. The smallest absolute Gasteiger partial charge is 0.251 e. The van der Waals surface area contributed by atoms with Crippen molar-refractivity contribution in [1.82, 2.24) is 14.7 Å². The van der Waals surface area contributed by atoms with Gasteiger partial charge in [-0.1, -0.05) is 41.9 Å². The Bertz CT molecular complexity index is 1420. The van der Waals surface area contributed by atoms with Crippen molar-refractivity contribution in [3.8, 4) is 17.0 Å². The Morgan fingerprint density at radius 3 is 2.68 bits per heavy atom. The van der Waals surface area contributed by atoms with E-state index in [4.69, 9.17) is 26.5 Å². The Morgan fingerprint density at radius 1 is 1.21 bits per heavy atom. The number of aromatic nitrogens is 2. The van der Waals surface area contributed by atoms with Gasteiger partial charge in [-0.3, -0.25) is 4.79 Å². The Hall–Kier alpha value is -3.88. The summed E-state index contributed by atoms with van der Waals surface area (Å²) in [7, 11) is 0. The van der Waals surface area contributed by atoms with Gasteiger partial charge < -0.3 is 24.8 Å². The average Bonchev–Trinajstić information content (AvgIpc) is 3.34. The minimum absolute atomic E-state index is 0.0236. The van der Waals surface area contributed by atoms with Gasteiger partial charge in [-0.15, -0.1) is 5.16 Å². The van der Waals surface area contributed by atoms with Gasteiger partial charge in [0.05, 0.1) is 16.8 Å². The van der Waals surface area contributed by atoms with Crippen LogP contribution in [0.15, 0.2) is 72.1 Å². The van der Waals surface area contributed by atoms with E-state index in [9.17, 15) is 9.90 Å². The number of amides is 1. The van der Waals surface area contributed by atoms with Crippen LogP contribution < -0.4 is 10.1 Å². The van der Waals surface area contributed by atoms with Gasteiger partial charge in [-0.25, -0.2) is 4.98 Å². The zero-order valence-corrected chi connectivity index (χ0v) is 22.1. The van der Waals surface area contributed by atoms with Crippen molar-refractivity contribution in [2.24, 2.45) is 5.16 Å². The molecular formula is C29H31ClN4O4. The van der Waals surface area contributed by atoms with Crippen LogP contribution in [0.5, 0.6) is 5.75 Å². The fraction of sp³-hybridized carbons (Fsp3) is 0.276. The van der Waals surface area contributed by atoms with Crippen molar-refractivity contribution in [1.29, 1.82) is 0 Å². The number of carbonyl (C=O) groups excluding carboxylic acids is 1. The van der Waals surface area contributed by atoms with Crippen LogP contribution in [0.3, 0.4) is 0 Å². The Morgan fingerprint density at radius 2 is 2.00 bits per heavy atom. The van der Waals surface area contributed by atoms with Crippen molar-refractivity contribution in [2.45, 2.75) is 45.3 Å². The highest BCUT2D eigenvalue weighted by molar-refractivity contribution is 6.32. The molecule has 2 aromatic carbocycles. The summed E-state index contributed by atoms with van der Waals surface area (Å²) in [5, 5.41) is 24.8. The van der Waals surface area contributed by atoms with Crippen LogP contribution >= 0.6 is 11.6 Å². The third-order valence-corrected chi connectivity index (χ3v) is 6.35. The number of hydrogen-bond donors (Lipinski definition) is 3. The number of oxime groups is 1. The maximum atomic E-state index is 12.9. The number of rotatable bonds is 11. The number of aliphatic hydroxyl groups excluding tert-OH is 1. The van der Waals surface area contributed by atoms with Gasteiger partial charge in [-0.05, 0) is 56.5 Å². The van der Waals surface area contributed by atoms with Crippen molar-refractivity contribution >= 4 is 29.4 Å². The number of aliphatic hydroxyl groups is 1. The quantitative estimate of drug-likeness (QED) is 0.140. The number of nitrogens with one attached hydrogen (secondary N) is 1. The van der Waals surface area contributed by atoms with Crippen LogP contribution in [0.1, 0.15) is 41.8 Å². The first-order valence-electron chi connectivity index (χ1n) is 12.5. The maximum Gasteiger partial charge on any atom is 0.251 e. The first-order chi connectivity index (χ1) is 18.4. The molecule has 0 spiro atoms. The van der Waals surface area contributed by atoms with E-state index in [0.29, 0.717) is 35.6 Å². The van der Waals surface area contributed by atoms with E-state index in [-0.39, 0.29) is 24.7 Å². The van der Waals surface area contributed by atoms with Gasteiger partial charge in [0.25, 0.3) is 5.91 Å². The lowest BCUT2D eigenvalue weighted by molar-refractivity contribution is 0.0930. The lowest BCUT2D eigenvalue weighted by Gasteiger charge is -2.19. The minimum atomic E-state index is -0.259. The van der Waals surface area contributed by atoms with E-state index >= 15 is 0 Å². The van der Waals surface area contributed by atoms with E-state index in [2.05, 4.69) is 10.5 Å². The zero-order chi connectivity index (χ0) is 27.1. The summed E-state index contributed by atoms with van der Waals surface area (Å²) in [6, 6.07) is 16.6. The fourth-order valence-electron chi connectivity index (χ4n) is 4.25. The molecular weight excluding hydrogens is 504 g/mol. The molecule has 1 amide bonds. The summed E-state index contributed by atoms with van der Waals surface area (Å²) in [6.45, 7) is 3.77. The molecule has 0 aliphatic heterocycles. The lowest BCUT2D eigenvalue weighted by atomic mass is 10.0. The number of fused-ring (bicyclic) bond motifs is 1. The predicted molar refractivity (Wildman–Crippen MR) is 148 cm³/mol. The van der Waals surface area contributed by atoms with Gasteiger partial charge in [0, 0.05) is 54.4 Å². The van der Waals surface area contributed by atoms with E-state index in [1.54, 1.807) is 18.2 Å². The van der Waals surface area contributed by atoms with Crippen LogP contribution in [0.4, 0.5) is 0 Å². The van der Waals surface area contributed by atoms with Gasteiger partial charge in [0.1, 0.15) is 11.4 Å². The molecule has 3 N–H and O–H groups in total. The van der Waals surface area contributed by atoms with Crippen LogP contribution in [0.2, 0.25) is 5.02 Å². The van der Waals surface area contributed by atoms with Crippen LogP contribution in [0, 0.1) is 0 Å². The number of pyridine rings is 1. The molecule has 198 valence electrons. The number of nitrogens with zero attached hydrogens (tertiary/aromatic N) is 3. The van der Waals surface area contributed by atoms with Crippen molar-refractivity contribution in [3.05, 3.63) is 88.7 Å². The lowest BCUT2D eigenvalue weighted by Crippen LogP contribution is -2.37. The normalized spacial score (nSPS) is 12.3. The molecule has 4 rings (SSSR count). The summed E-state index contributed by atoms with van der Waals surface area (Å²) >= 11 is 6.30. The van der Waals surface area contributed by atoms with Gasteiger partial charge >= 0.3 is 0 Å². The second-order valence-electron chi connectivity index (χ2n) is 9.29. The van der Waals surface area contributed by atoms with Gasteiger partial charge in [0.15, 0.2) is 0 Å². The van der Waals surface area contributed by atoms with Crippen molar-refractivity contribution in [2.75, 3.05) is 6.61 Å². The Labute approximate surface area is 226 Å². The highest BCUT2D eigenvalue weighted by Gasteiger charge is 2.16. The minimum Gasteiger partial charge on any atom is -0.489 e. The van der Waals surface area contributed by atoms with Crippen LogP contribution in [0.25, 0.3) is 16.9 Å². The first-order valence-corrected chi connectivity index (χ1v) is 12.9. The SMILES string of the molecule is CC(C)Oc1ccc(C(=O)N[C@H](CCO)Cc2ccc(-c3cn4cccc(CC=NO)c4n3)cc2)cc1Cl. The van der Waals surface area contributed by atoms with Crippen LogP contribution in [-0.4, -0.2) is 50.6 Å². The number of ether oxygens (including phenoxy) is 1. The highest BCUT2D eigenvalue weighted by Crippen LogP contribution is 2.27. The molecule has 8 nitrogen and oxygen atoms in total. The molecule has 0 saturated carbocycles. The second-order valence-corrected chi connectivity index (χ2v) is 9.70. The molecule has 0 radical (unpaired) electrons. The Kier molecular flexibility index (Phi) is 8.99. The largest absolute Gasteiger partial charge is 0.489 e. The third-order valence-electron chi connectivity index (χ3n) is 6.06. The molecule has 0 unspecified atom stereocenters. The molecule has 0 bridgehead atoms. The number of hydrogen-bond acceptors (Lipinski definition) is 6. The molecule has 1 atom stereocenters. The molecule has 0 saturated heterocycles. The van der Waals surface area contributed by atoms with E-state index < -0.39 is 0 Å². The van der Waals surface area contributed by atoms with Gasteiger partial charge in [-0.2, -0.15) is 0 Å². The summed E-state index contributed by atoms with van der Waals surface area (Å²) in [5.74, 6) is 0.274. The summed E-state index contributed by atoms with van der Waals surface area (Å²) in [5.41, 5.74) is 5.00. The number of halogens is 1.